The number of hydrogen-bond donors (Lipinski definition) is 3. The fraction of sp³-hybridized carbons (Fsp3) is 0.571. The van der Waals surface area contributed by atoms with E-state index in [4.69, 9.17) is 5.11 Å². The quantitative estimate of drug-likeness (QED) is 0.593. The first-order valence-corrected chi connectivity index (χ1v) is 4.18. The molecule has 0 spiro atoms. The van der Waals surface area contributed by atoms with Gasteiger partial charge in [-0.2, -0.15) is 5.10 Å². The monoisotopic (exact) mass is 201 g/mol. The van der Waals surface area contributed by atoms with E-state index in [0.717, 1.165) is 0 Å². The van der Waals surface area contributed by atoms with Crippen molar-refractivity contribution in [2.24, 2.45) is 0 Å². The summed E-state index contributed by atoms with van der Waals surface area (Å²) in [4.78, 5) is 13.7. The normalized spacial score (nSPS) is 11.6. The molecule has 0 atom stereocenters. The highest BCUT2D eigenvalue weighted by atomic mass is 32.1. The van der Waals surface area contributed by atoms with Crippen molar-refractivity contribution >= 4 is 12.2 Å². The summed E-state index contributed by atoms with van der Waals surface area (Å²) in [7, 11) is 0. The molecule has 0 radical (unpaired) electrons. The predicted octanol–water partition coefficient (Wildman–Crippen LogP) is 0.0974. The van der Waals surface area contributed by atoms with Crippen LogP contribution in [0.3, 0.4) is 0 Å². The third-order valence-corrected chi connectivity index (χ3v) is 1.94. The molecule has 0 aromatic carbocycles. The van der Waals surface area contributed by atoms with Gasteiger partial charge in [0.1, 0.15) is 5.69 Å². The lowest BCUT2D eigenvalue weighted by molar-refractivity contribution is 0.213. The number of aliphatic hydroxyl groups excluding tert-OH is 1. The van der Waals surface area contributed by atoms with Crippen molar-refractivity contribution in [3.05, 3.63) is 20.8 Å². The van der Waals surface area contributed by atoms with Gasteiger partial charge in [0.05, 0.1) is 6.61 Å². The van der Waals surface area contributed by atoms with E-state index >= 15 is 0 Å². The summed E-state index contributed by atoms with van der Waals surface area (Å²) in [5.41, 5.74) is -0.765. The Bertz CT molecular complexity index is 407. The molecule has 0 fully saturated rings. The summed E-state index contributed by atoms with van der Waals surface area (Å²) in [5.74, 6) is 0. The van der Waals surface area contributed by atoms with Crippen LogP contribution in [0.15, 0.2) is 4.79 Å². The molecule has 0 unspecified atom stereocenters. The molecule has 72 valence electrons. The molecule has 13 heavy (non-hydrogen) atoms. The molecule has 1 aromatic rings. The van der Waals surface area contributed by atoms with Crippen LogP contribution in [0.2, 0.25) is 0 Å². The van der Waals surface area contributed by atoms with Gasteiger partial charge in [-0.05, 0) is 12.2 Å². The van der Waals surface area contributed by atoms with Gasteiger partial charge in [0, 0.05) is 5.41 Å². The fourth-order valence-electron chi connectivity index (χ4n) is 0.881. The molecule has 3 N–H and O–H groups in total. The molecule has 0 saturated heterocycles. The Balaban J connectivity index is 3.32. The predicted molar refractivity (Wildman–Crippen MR) is 50.2 cm³/mol. The summed E-state index contributed by atoms with van der Waals surface area (Å²) >= 11 is 4.68. The van der Waals surface area contributed by atoms with Gasteiger partial charge in [0.25, 0.3) is 5.56 Å². The Morgan fingerprint density at radius 3 is 2.69 bits per heavy atom. The molecule has 1 rings (SSSR count). The van der Waals surface area contributed by atoms with Crippen LogP contribution in [0.25, 0.3) is 0 Å². The largest absolute Gasteiger partial charge is 0.395 e. The highest BCUT2D eigenvalue weighted by Gasteiger charge is 2.24. The number of hydrogen-bond acceptors (Lipinski definition) is 4. The van der Waals surface area contributed by atoms with E-state index in [0.29, 0.717) is 0 Å². The first-order chi connectivity index (χ1) is 5.97. The zero-order valence-corrected chi connectivity index (χ0v) is 8.23. The molecule has 6 heteroatoms. The van der Waals surface area contributed by atoms with Gasteiger partial charge in [0.15, 0.2) is 4.77 Å². The number of rotatable bonds is 2. The Morgan fingerprint density at radius 2 is 2.23 bits per heavy atom. The molecule has 1 aromatic heterocycles. The number of aromatic amines is 2. The average molecular weight is 201 g/mol. The zero-order valence-electron chi connectivity index (χ0n) is 7.42. The van der Waals surface area contributed by atoms with Crippen LogP contribution in [0, 0.1) is 4.77 Å². The van der Waals surface area contributed by atoms with Gasteiger partial charge in [-0.3, -0.25) is 14.9 Å². The SMILES string of the molecule is CC(C)(CO)c1n[nH]c(=S)[nH]c1=O. The summed E-state index contributed by atoms with van der Waals surface area (Å²) in [5, 5.41) is 15.3. The maximum absolute atomic E-state index is 11.3. The lowest BCUT2D eigenvalue weighted by atomic mass is 9.91. The molecule has 0 saturated carbocycles. The van der Waals surface area contributed by atoms with Crippen LogP contribution < -0.4 is 5.56 Å². The van der Waals surface area contributed by atoms with Crippen molar-refractivity contribution < 1.29 is 5.11 Å². The fourth-order valence-corrected chi connectivity index (χ4v) is 1.02. The minimum absolute atomic E-state index is 0.145. The van der Waals surface area contributed by atoms with E-state index in [9.17, 15) is 4.79 Å². The van der Waals surface area contributed by atoms with E-state index in [-0.39, 0.29) is 22.6 Å². The van der Waals surface area contributed by atoms with E-state index in [1.807, 2.05) is 0 Å². The molecule has 1 heterocycles. The topological polar surface area (TPSA) is 81.8 Å². The first kappa shape index (κ1) is 10.1. The van der Waals surface area contributed by atoms with Crippen LogP contribution in [-0.2, 0) is 5.41 Å². The second-order valence-electron chi connectivity index (χ2n) is 3.40. The van der Waals surface area contributed by atoms with Crippen molar-refractivity contribution in [2.75, 3.05) is 6.61 Å². The van der Waals surface area contributed by atoms with Crippen molar-refractivity contribution in [3.8, 4) is 0 Å². The standard InChI is InChI=1S/C7H11N3O2S/c1-7(2,3-11)4-5(12)8-6(13)10-9-4/h11H,3H2,1-2H3,(H2,8,10,12,13). The molecular formula is C7H11N3O2S. The van der Waals surface area contributed by atoms with Gasteiger partial charge in [-0.1, -0.05) is 13.8 Å². The maximum atomic E-state index is 11.3. The molecular weight excluding hydrogens is 190 g/mol. The van der Waals surface area contributed by atoms with Crippen molar-refractivity contribution in [2.45, 2.75) is 19.3 Å². The van der Waals surface area contributed by atoms with Crippen LogP contribution in [-0.4, -0.2) is 26.9 Å². The highest BCUT2D eigenvalue weighted by Crippen LogP contribution is 2.15. The minimum atomic E-state index is -0.660. The second-order valence-corrected chi connectivity index (χ2v) is 3.81. The third kappa shape index (κ3) is 2.02. The number of H-pyrrole nitrogens is 2. The number of nitrogens with zero attached hydrogens (tertiary/aromatic N) is 1. The number of nitrogens with one attached hydrogen (secondary N) is 2. The van der Waals surface area contributed by atoms with Crippen LogP contribution in [0.4, 0.5) is 0 Å². The average Bonchev–Trinajstić information content (AvgIpc) is 2.03. The second kappa shape index (κ2) is 3.39. The van der Waals surface area contributed by atoms with Gasteiger partial charge in [-0.15, -0.1) is 0 Å². The summed E-state index contributed by atoms with van der Waals surface area (Å²) < 4.78 is 0.183. The van der Waals surface area contributed by atoms with E-state index in [2.05, 4.69) is 27.4 Å². The van der Waals surface area contributed by atoms with Crippen LogP contribution in [0.1, 0.15) is 19.5 Å². The Morgan fingerprint density at radius 1 is 1.62 bits per heavy atom. The smallest absolute Gasteiger partial charge is 0.274 e. The van der Waals surface area contributed by atoms with Crippen molar-refractivity contribution in [1.29, 1.82) is 0 Å². The Hall–Kier alpha value is -1.01. The summed E-state index contributed by atoms with van der Waals surface area (Å²) in [6.45, 7) is 3.30. The number of aliphatic hydroxyl groups is 1. The molecule has 0 aliphatic rings. The van der Waals surface area contributed by atoms with Gasteiger partial charge >= 0.3 is 0 Å². The first-order valence-electron chi connectivity index (χ1n) is 3.78. The number of aromatic nitrogens is 3. The lowest BCUT2D eigenvalue weighted by Crippen LogP contribution is -2.32. The van der Waals surface area contributed by atoms with E-state index in [1.54, 1.807) is 13.8 Å². The summed E-state index contributed by atoms with van der Waals surface area (Å²) in [6, 6.07) is 0. The zero-order chi connectivity index (χ0) is 10.1. The van der Waals surface area contributed by atoms with Crippen molar-refractivity contribution in [3.63, 3.8) is 0 Å². The molecule has 0 aliphatic heterocycles. The van der Waals surface area contributed by atoms with Crippen molar-refractivity contribution in [1.82, 2.24) is 15.2 Å². The van der Waals surface area contributed by atoms with E-state index < -0.39 is 5.41 Å². The van der Waals surface area contributed by atoms with Gasteiger partial charge in [0.2, 0.25) is 0 Å². The van der Waals surface area contributed by atoms with Crippen LogP contribution >= 0.6 is 12.2 Å². The summed E-state index contributed by atoms with van der Waals surface area (Å²) in [6.07, 6.45) is 0. The molecule has 0 aliphatic carbocycles. The van der Waals surface area contributed by atoms with Gasteiger partial charge in [-0.25, -0.2) is 0 Å². The molecule has 0 bridgehead atoms. The minimum Gasteiger partial charge on any atom is -0.395 e. The lowest BCUT2D eigenvalue weighted by Gasteiger charge is -2.18. The molecule has 0 amide bonds. The third-order valence-electron chi connectivity index (χ3n) is 1.75. The Kier molecular flexibility index (Phi) is 2.63. The Labute approximate surface area is 79.8 Å². The maximum Gasteiger partial charge on any atom is 0.274 e. The highest BCUT2D eigenvalue weighted by molar-refractivity contribution is 7.71. The molecule has 5 nitrogen and oxygen atoms in total. The van der Waals surface area contributed by atoms with Crippen LogP contribution in [0.5, 0.6) is 0 Å². The van der Waals surface area contributed by atoms with Gasteiger partial charge < -0.3 is 5.11 Å². The van der Waals surface area contributed by atoms with E-state index in [1.165, 1.54) is 0 Å².